The first-order chi connectivity index (χ1) is 16.2. The lowest BCUT2D eigenvalue weighted by Gasteiger charge is -2.59. The SMILES string of the molecule is CC.COC(=O)NCC1CC[C@H]2C(CC3C4CC[C@H]5C(C)(C)[C@@H](O)CCC56C[C@@]46CCC32C)O1. The van der Waals surface area contributed by atoms with Crippen LogP contribution in [0, 0.1) is 45.3 Å². The summed E-state index contributed by atoms with van der Waals surface area (Å²) in [6, 6.07) is 0. The smallest absolute Gasteiger partial charge is 0.406 e. The topological polar surface area (TPSA) is 67.8 Å². The number of aliphatic hydroxyl groups excluding tert-OH is 1. The molecule has 10 atom stereocenters. The van der Waals surface area contributed by atoms with Gasteiger partial charge in [0.25, 0.3) is 0 Å². The maximum absolute atomic E-state index is 11.5. The fourth-order valence-electron chi connectivity index (χ4n) is 10.7. The van der Waals surface area contributed by atoms with Crippen molar-refractivity contribution in [3.63, 3.8) is 0 Å². The summed E-state index contributed by atoms with van der Waals surface area (Å²) in [4.78, 5) is 11.5. The number of alkyl carbamates (subject to hydrolysis) is 1. The minimum Gasteiger partial charge on any atom is -0.453 e. The lowest BCUT2D eigenvalue weighted by atomic mass is 9.46. The molecule has 6 unspecified atom stereocenters. The summed E-state index contributed by atoms with van der Waals surface area (Å²) >= 11 is 0. The van der Waals surface area contributed by atoms with Gasteiger partial charge in [-0.25, -0.2) is 4.79 Å². The van der Waals surface area contributed by atoms with Gasteiger partial charge in [0, 0.05) is 6.54 Å². The molecule has 5 heteroatoms. The van der Waals surface area contributed by atoms with Crippen LogP contribution in [-0.4, -0.2) is 43.2 Å². The van der Waals surface area contributed by atoms with Crippen molar-refractivity contribution in [3.8, 4) is 0 Å². The van der Waals surface area contributed by atoms with Crippen LogP contribution in [-0.2, 0) is 9.47 Å². The molecule has 34 heavy (non-hydrogen) atoms. The van der Waals surface area contributed by atoms with E-state index in [-0.39, 0.29) is 23.7 Å². The van der Waals surface area contributed by atoms with Crippen LogP contribution in [0.1, 0.15) is 98.8 Å². The number of hydrogen-bond acceptors (Lipinski definition) is 4. The number of fused-ring (bicyclic) bond motifs is 4. The van der Waals surface area contributed by atoms with Crippen molar-refractivity contribution in [1.82, 2.24) is 5.32 Å². The molecule has 5 nitrogen and oxygen atoms in total. The lowest BCUT2D eigenvalue weighted by molar-refractivity contribution is -0.134. The van der Waals surface area contributed by atoms with Crippen molar-refractivity contribution in [3.05, 3.63) is 0 Å². The second-order valence-corrected chi connectivity index (χ2v) is 13.3. The van der Waals surface area contributed by atoms with Crippen LogP contribution in [0.5, 0.6) is 0 Å². The number of ether oxygens (including phenoxy) is 2. The zero-order valence-electron chi connectivity index (χ0n) is 22.5. The summed E-state index contributed by atoms with van der Waals surface area (Å²) in [6.07, 6.45) is 12.6. The van der Waals surface area contributed by atoms with E-state index in [0.29, 0.717) is 40.7 Å². The van der Waals surface area contributed by atoms with E-state index in [4.69, 9.17) is 9.47 Å². The van der Waals surface area contributed by atoms with E-state index in [0.717, 1.165) is 24.7 Å². The van der Waals surface area contributed by atoms with Gasteiger partial charge in [-0.05, 0) is 110 Å². The van der Waals surface area contributed by atoms with E-state index in [9.17, 15) is 9.90 Å². The maximum Gasteiger partial charge on any atom is 0.406 e. The van der Waals surface area contributed by atoms with Crippen LogP contribution in [0.3, 0.4) is 0 Å². The average Bonchev–Trinajstić information content (AvgIpc) is 3.42. The van der Waals surface area contributed by atoms with Gasteiger partial charge >= 0.3 is 6.09 Å². The molecular formula is C29H49NO4. The molecule has 2 N–H and O–H groups in total. The second kappa shape index (κ2) is 8.36. The fourth-order valence-corrected chi connectivity index (χ4v) is 10.7. The van der Waals surface area contributed by atoms with E-state index >= 15 is 0 Å². The van der Waals surface area contributed by atoms with E-state index < -0.39 is 0 Å². The minimum atomic E-state index is -0.360. The van der Waals surface area contributed by atoms with Crippen LogP contribution in [0.2, 0.25) is 0 Å². The Bertz CT molecular complexity index is 799. The fraction of sp³-hybridized carbons (Fsp3) is 0.966. The zero-order valence-corrected chi connectivity index (χ0v) is 22.5. The molecule has 1 amide bonds. The van der Waals surface area contributed by atoms with Gasteiger partial charge in [-0.3, -0.25) is 0 Å². The Balaban J connectivity index is 0.00000117. The molecule has 6 rings (SSSR count). The second-order valence-electron chi connectivity index (χ2n) is 13.3. The first-order valence-electron chi connectivity index (χ1n) is 14.3. The molecule has 0 bridgehead atoms. The minimum absolute atomic E-state index is 0.0695. The third-order valence-electron chi connectivity index (χ3n) is 12.3. The van der Waals surface area contributed by atoms with Crippen molar-refractivity contribution in [2.45, 2.75) is 117 Å². The molecule has 1 aliphatic heterocycles. The van der Waals surface area contributed by atoms with Crippen LogP contribution in [0.4, 0.5) is 4.79 Å². The summed E-state index contributed by atoms with van der Waals surface area (Å²) in [5.74, 6) is 3.02. The number of hydrogen-bond donors (Lipinski definition) is 2. The highest BCUT2D eigenvalue weighted by Crippen LogP contribution is 2.87. The van der Waals surface area contributed by atoms with Crippen molar-refractivity contribution < 1.29 is 19.4 Å². The summed E-state index contributed by atoms with van der Waals surface area (Å²) in [6.45, 7) is 11.9. The summed E-state index contributed by atoms with van der Waals surface area (Å²) in [7, 11) is 1.42. The number of carbonyl (C=O) groups is 1. The largest absolute Gasteiger partial charge is 0.453 e. The van der Waals surface area contributed by atoms with Crippen LogP contribution >= 0.6 is 0 Å². The Morgan fingerprint density at radius 1 is 0.971 bits per heavy atom. The normalized spacial score (nSPS) is 51.8. The number of aliphatic hydroxyl groups is 1. The molecule has 5 saturated carbocycles. The predicted molar refractivity (Wildman–Crippen MR) is 133 cm³/mol. The molecule has 0 aromatic heterocycles. The molecular weight excluding hydrogens is 426 g/mol. The van der Waals surface area contributed by atoms with Gasteiger partial charge < -0.3 is 19.9 Å². The molecule has 1 heterocycles. The maximum atomic E-state index is 11.5. The third kappa shape index (κ3) is 3.20. The summed E-state index contributed by atoms with van der Waals surface area (Å²) < 4.78 is 11.4. The highest BCUT2D eigenvalue weighted by Gasteiger charge is 2.80. The van der Waals surface area contributed by atoms with E-state index in [1.807, 2.05) is 13.8 Å². The molecule has 0 aromatic carbocycles. The molecule has 5 aliphatic carbocycles. The number of carbonyl (C=O) groups excluding carboxylic acids is 1. The first kappa shape index (κ1) is 24.9. The molecule has 6 aliphatic rings. The quantitative estimate of drug-likeness (QED) is 0.519. The molecule has 6 fully saturated rings. The van der Waals surface area contributed by atoms with Gasteiger partial charge in [-0.15, -0.1) is 0 Å². The van der Waals surface area contributed by atoms with Gasteiger partial charge in [0.2, 0.25) is 0 Å². The number of rotatable bonds is 2. The van der Waals surface area contributed by atoms with Crippen LogP contribution in [0.25, 0.3) is 0 Å². The molecule has 0 aromatic rings. The lowest BCUT2D eigenvalue weighted by Crippen LogP contribution is -2.54. The third-order valence-corrected chi connectivity index (χ3v) is 12.3. The Hall–Kier alpha value is -0.810. The van der Waals surface area contributed by atoms with Crippen molar-refractivity contribution in [1.29, 1.82) is 0 Å². The Labute approximate surface area is 207 Å². The van der Waals surface area contributed by atoms with E-state index in [1.165, 1.54) is 58.5 Å². The number of nitrogens with one attached hydrogen (secondary N) is 1. The molecule has 2 spiro atoms. The number of amides is 1. The summed E-state index contributed by atoms with van der Waals surface area (Å²) in [5, 5.41) is 13.6. The Kier molecular flexibility index (Phi) is 6.12. The van der Waals surface area contributed by atoms with Gasteiger partial charge in [-0.1, -0.05) is 34.6 Å². The van der Waals surface area contributed by atoms with Gasteiger partial charge in [0.05, 0.1) is 25.4 Å². The molecule has 0 radical (unpaired) electrons. The highest BCUT2D eigenvalue weighted by atomic mass is 16.5. The van der Waals surface area contributed by atoms with Gasteiger partial charge in [0.15, 0.2) is 0 Å². The van der Waals surface area contributed by atoms with Gasteiger partial charge in [0.1, 0.15) is 0 Å². The highest BCUT2D eigenvalue weighted by molar-refractivity contribution is 5.66. The Morgan fingerprint density at radius 2 is 1.71 bits per heavy atom. The summed E-state index contributed by atoms with van der Waals surface area (Å²) in [5.41, 5.74) is 1.56. The van der Waals surface area contributed by atoms with Crippen molar-refractivity contribution in [2.75, 3.05) is 13.7 Å². The first-order valence-corrected chi connectivity index (χ1v) is 14.3. The van der Waals surface area contributed by atoms with Crippen LogP contribution in [0.15, 0.2) is 0 Å². The number of methoxy groups -OCH3 is 1. The molecule has 194 valence electrons. The van der Waals surface area contributed by atoms with Crippen molar-refractivity contribution in [2.24, 2.45) is 45.3 Å². The monoisotopic (exact) mass is 475 g/mol. The predicted octanol–water partition coefficient (Wildman–Crippen LogP) is 5.94. The standard InChI is InChI=1S/C27H43NO4.C2H6/c1-24(2)21-8-7-17-19-13-20-18(6-5-16(32-20)14-28-23(30)31-4)25(19,3)11-12-26(17)15-27(21,26)10-9-22(24)29;1-2/h16-22,29H,5-15H2,1-4H3,(H,28,30);1-2H3/t16?,17?,18-,19?,20?,21-,22-,25?,26-,27?;/m0./s1. The van der Waals surface area contributed by atoms with Crippen molar-refractivity contribution >= 4 is 6.09 Å². The van der Waals surface area contributed by atoms with Gasteiger partial charge in [-0.2, -0.15) is 0 Å². The average molecular weight is 476 g/mol. The zero-order chi connectivity index (χ0) is 24.5. The molecule has 1 saturated heterocycles. The van der Waals surface area contributed by atoms with E-state index in [2.05, 4.69) is 26.1 Å². The Morgan fingerprint density at radius 3 is 2.44 bits per heavy atom. The van der Waals surface area contributed by atoms with Crippen LogP contribution < -0.4 is 5.32 Å². The van der Waals surface area contributed by atoms with E-state index in [1.54, 1.807) is 0 Å².